The molecule has 2 fully saturated rings. The molecular weight excluding hydrogens is 686 g/mol. The number of rotatable bonds is 11. The van der Waals surface area contributed by atoms with Crippen LogP contribution in [-0.4, -0.2) is 74.4 Å². The van der Waals surface area contributed by atoms with E-state index >= 15 is 4.39 Å². The lowest BCUT2D eigenvalue weighted by molar-refractivity contribution is -0.189. The zero-order valence-electron chi connectivity index (χ0n) is 27.7. The van der Waals surface area contributed by atoms with Gasteiger partial charge < -0.3 is 28.6 Å². The topological polar surface area (TPSA) is 105 Å². The first-order valence-corrected chi connectivity index (χ1v) is 17.3. The molecule has 2 aromatic carbocycles. The van der Waals surface area contributed by atoms with E-state index in [2.05, 4.69) is 20.0 Å². The molecule has 5 aromatic rings. The Morgan fingerprint density at radius 1 is 1.06 bits per heavy atom. The van der Waals surface area contributed by atoms with Gasteiger partial charge in [0, 0.05) is 55.2 Å². The van der Waals surface area contributed by atoms with Gasteiger partial charge in [-0.1, -0.05) is 36.2 Å². The van der Waals surface area contributed by atoms with Gasteiger partial charge in [-0.15, -0.1) is 0 Å². The Balaban J connectivity index is 0.939. The SMILES string of the molecule is CC[C@@H](C)n1ncn(-c2ccc(N3CCN(c4ccc(OC[C@@H]5CO[C@@](Cn6ccnc6)(c6ccc(Cl)cc6Cl)O5)cn4)CC3)c(F)c2)c1=O. The fourth-order valence-corrected chi connectivity index (χ4v) is 6.81. The number of pyridine rings is 1. The van der Waals surface area contributed by atoms with Crippen molar-refractivity contribution in [3.63, 3.8) is 0 Å². The van der Waals surface area contributed by atoms with Crippen molar-refractivity contribution in [3.8, 4) is 11.4 Å². The smallest absolute Gasteiger partial charge is 0.350 e. The third-order valence-electron chi connectivity index (χ3n) is 9.16. The van der Waals surface area contributed by atoms with E-state index in [9.17, 15) is 4.79 Å². The van der Waals surface area contributed by atoms with Crippen LogP contribution in [0.15, 0.2) is 84.6 Å². The van der Waals surface area contributed by atoms with E-state index in [1.54, 1.807) is 43.0 Å². The third kappa shape index (κ3) is 6.95. The van der Waals surface area contributed by atoms with E-state index in [-0.39, 0.29) is 30.3 Å². The lowest BCUT2D eigenvalue weighted by Crippen LogP contribution is -2.47. The third-order valence-corrected chi connectivity index (χ3v) is 9.71. The molecule has 0 aliphatic carbocycles. The molecule has 0 spiro atoms. The molecular formula is C35H37Cl2FN8O4. The summed E-state index contributed by atoms with van der Waals surface area (Å²) in [6.07, 6.45) is 8.76. The number of benzene rings is 2. The van der Waals surface area contributed by atoms with Crippen LogP contribution >= 0.6 is 23.2 Å². The number of hydrogen-bond donors (Lipinski definition) is 0. The summed E-state index contributed by atoms with van der Waals surface area (Å²) in [4.78, 5) is 25.7. The lowest BCUT2D eigenvalue weighted by atomic mass is 10.1. The molecule has 0 radical (unpaired) electrons. The van der Waals surface area contributed by atoms with Gasteiger partial charge in [-0.2, -0.15) is 5.10 Å². The highest BCUT2D eigenvalue weighted by atomic mass is 35.5. The van der Waals surface area contributed by atoms with Crippen LogP contribution in [0.1, 0.15) is 31.9 Å². The molecule has 262 valence electrons. The van der Waals surface area contributed by atoms with Gasteiger partial charge in [0.1, 0.15) is 36.4 Å². The number of imidazole rings is 1. The summed E-state index contributed by atoms with van der Waals surface area (Å²) in [5.74, 6) is -0.112. The Labute approximate surface area is 298 Å². The largest absolute Gasteiger partial charge is 0.489 e. The first-order valence-electron chi connectivity index (χ1n) is 16.5. The lowest BCUT2D eigenvalue weighted by Gasteiger charge is -2.36. The Bertz CT molecular complexity index is 1980. The van der Waals surface area contributed by atoms with Crippen LogP contribution in [0.4, 0.5) is 15.9 Å². The van der Waals surface area contributed by atoms with Crippen LogP contribution in [0.25, 0.3) is 5.69 Å². The monoisotopic (exact) mass is 722 g/mol. The standard InChI is InChI=1S/C35H37Cl2FN8O4/c1-3-24(2)46-34(47)45(23-41-46)26-5-8-32(31(38)17-26)43-12-14-44(15-13-43)33-9-6-27(18-40-33)48-19-28-20-49-35(50-28,21-42-11-10-39-22-42)29-7-4-25(36)16-30(29)37/h4-11,16-18,22-24,28H,3,12-15,19-21H2,1-2H3/t24-,28-,35-/m1/s1. The number of halogens is 3. The van der Waals surface area contributed by atoms with Gasteiger partial charge in [0.05, 0.1) is 48.1 Å². The molecule has 2 saturated heterocycles. The van der Waals surface area contributed by atoms with Crippen molar-refractivity contribution in [2.75, 3.05) is 49.2 Å². The van der Waals surface area contributed by atoms with Gasteiger partial charge in [-0.3, -0.25) is 0 Å². The van der Waals surface area contributed by atoms with E-state index in [1.165, 1.54) is 21.6 Å². The minimum absolute atomic E-state index is 0.0363. The average molecular weight is 724 g/mol. The van der Waals surface area contributed by atoms with Gasteiger partial charge in [0.25, 0.3) is 0 Å². The van der Waals surface area contributed by atoms with Crippen molar-refractivity contribution in [2.24, 2.45) is 0 Å². The highest BCUT2D eigenvalue weighted by molar-refractivity contribution is 6.35. The molecule has 5 heterocycles. The maximum Gasteiger partial charge on any atom is 0.350 e. The normalized spacial score (nSPS) is 20.0. The Morgan fingerprint density at radius 2 is 1.88 bits per heavy atom. The van der Waals surface area contributed by atoms with Gasteiger partial charge in [0.15, 0.2) is 0 Å². The Kier molecular flexibility index (Phi) is 9.82. The molecule has 0 bridgehead atoms. The highest BCUT2D eigenvalue weighted by Crippen LogP contribution is 2.40. The molecule has 12 nitrogen and oxygen atoms in total. The molecule has 50 heavy (non-hydrogen) atoms. The molecule has 2 aliphatic rings. The fraction of sp³-hybridized carbons (Fsp3) is 0.371. The quantitative estimate of drug-likeness (QED) is 0.169. The zero-order chi connectivity index (χ0) is 34.8. The van der Waals surface area contributed by atoms with E-state index in [1.807, 2.05) is 47.7 Å². The van der Waals surface area contributed by atoms with E-state index in [0.29, 0.717) is 72.1 Å². The number of ether oxygens (including phenoxy) is 3. The molecule has 0 N–H and O–H groups in total. The fourth-order valence-electron chi connectivity index (χ4n) is 6.26. The summed E-state index contributed by atoms with van der Waals surface area (Å²) in [6, 6.07) is 13.9. The van der Waals surface area contributed by atoms with Crippen molar-refractivity contribution in [2.45, 2.75) is 44.7 Å². The summed E-state index contributed by atoms with van der Waals surface area (Å²) in [7, 11) is 0. The number of nitrogens with zero attached hydrogens (tertiary/aromatic N) is 8. The van der Waals surface area contributed by atoms with Crippen LogP contribution < -0.4 is 20.2 Å². The molecule has 3 atom stereocenters. The molecule has 0 unspecified atom stereocenters. The van der Waals surface area contributed by atoms with E-state index in [0.717, 1.165) is 12.2 Å². The molecule has 0 saturated carbocycles. The maximum absolute atomic E-state index is 15.3. The van der Waals surface area contributed by atoms with E-state index < -0.39 is 5.79 Å². The second kappa shape index (κ2) is 14.4. The van der Waals surface area contributed by atoms with Crippen LogP contribution in [-0.2, 0) is 21.8 Å². The minimum Gasteiger partial charge on any atom is -0.489 e. The molecule has 2 aliphatic heterocycles. The minimum atomic E-state index is -1.14. The Hall–Kier alpha value is -4.43. The van der Waals surface area contributed by atoms with E-state index in [4.69, 9.17) is 37.4 Å². The summed E-state index contributed by atoms with van der Waals surface area (Å²) in [5, 5.41) is 5.17. The van der Waals surface area contributed by atoms with Crippen LogP contribution in [0.5, 0.6) is 5.75 Å². The highest BCUT2D eigenvalue weighted by Gasteiger charge is 2.45. The zero-order valence-corrected chi connectivity index (χ0v) is 29.2. The summed E-state index contributed by atoms with van der Waals surface area (Å²) < 4.78 is 38.8. The molecule has 7 rings (SSSR count). The van der Waals surface area contributed by atoms with Gasteiger partial charge in [0.2, 0.25) is 5.79 Å². The van der Waals surface area contributed by atoms with Crippen LogP contribution in [0.3, 0.4) is 0 Å². The number of aromatic nitrogens is 6. The Morgan fingerprint density at radius 3 is 2.58 bits per heavy atom. The second-order valence-corrected chi connectivity index (χ2v) is 13.3. The molecule has 15 heteroatoms. The molecule has 3 aromatic heterocycles. The van der Waals surface area contributed by atoms with Crippen molar-refractivity contribution < 1.29 is 18.6 Å². The number of piperazine rings is 1. The van der Waals surface area contributed by atoms with Gasteiger partial charge in [-0.05, 0) is 49.7 Å². The first kappa shape index (κ1) is 34.0. The summed E-state index contributed by atoms with van der Waals surface area (Å²) in [6.45, 7) is 7.35. The van der Waals surface area contributed by atoms with Crippen LogP contribution in [0, 0.1) is 5.82 Å². The van der Waals surface area contributed by atoms with Crippen molar-refractivity contribution >= 4 is 34.7 Å². The van der Waals surface area contributed by atoms with Crippen LogP contribution in [0.2, 0.25) is 10.0 Å². The van der Waals surface area contributed by atoms with Gasteiger partial charge in [-0.25, -0.2) is 28.4 Å². The maximum atomic E-state index is 15.3. The first-order chi connectivity index (χ1) is 24.2. The number of hydrogen-bond acceptors (Lipinski definition) is 9. The van der Waals surface area contributed by atoms with Crippen molar-refractivity contribution in [1.82, 2.24) is 28.9 Å². The van der Waals surface area contributed by atoms with Gasteiger partial charge >= 0.3 is 5.69 Å². The van der Waals surface area contributed by atoms with Crippen molar-refractivity contribution in [3.05, 3.63) is 112 Å². The second-order valence-electron chi connectivity index (χ2n) is 12.4. The number of anilines is 2. The predicted molar refractivity (Wildman–Crippen MR) is 188 cm³/mol. The van der Waals surface area contributed by atoms with Crippen molar-refractivity contribution in [1.29, 1.82) is 0 Å². The average Bonchev–Trinajstić information content (AvgIpc) is 3.88. The predicted octanol–water partition coefficient (Wildman–Crippen LogP) is 5.72. The molecule has 0 amide bonds. The summed E-state index contributed by atoms with van der Waals surface area (Å²) >= 11 is 12.7. The summed E-state index contributed by atoms with van der Waals surface area (Å²) in [5.41, 5.74) is 1.33.